The minimum absolute atomic E-state index is 0.0943. The van der Waals surface area contributed by atoms with Crippen LogP contribution in [0.5, 0.6) is 5.88 Å². The molecule has 27 heavy (non-hydrogen) atoms. The van der Waals surface area contributed by atoms with Crippen LogP contribution in [0.15, 0.2) is 42.6 Å². The Morgan fingerprint density at radius 1 is 1.19 bits per heavy atom. The number of nitrogens with zero attached hydrogens (tertiary/aromatic N) is 2. The van der Waals surface area contributed by atoms with E-state index in [2.05, 4.69) is 15.6 Å². The zero-order valence-electron chi connectivity index (χ0n) is 14.9. The predicted octanol–water partition coefficient (Wildman–Crippen LogP) is 1.59. The fraction of sp³-hybridized carbons (Fsp3) is 0.263. The highest BCUT2D eigenvalue weighted by Gasteiger charge is 2.21. The maximum atomic E-state index is 12.2. The van der Waals surface area contributed by atoms with E-state index in [1.165, 1.54) is 13.3 Å². The molecule has 0 aliphatic carbocycles. The lowest BCUT2D eigenvalue weighted by Crippen LogP contribution is -2.33. The molecule has 1 saturated heterocycles. The van der Waals surface area contributed by atoms with Crippen molar-refractivity contribution in [2.75, 3.05) is 30.4 Å². The van der Waals surface area contributed by atoms with E-state index >= 15 is 0 Å². The summed E-state index contributed by atoms with van der Waals surface area (Å²) in [6.07, 6.45) is 2.87. The number of anilines is 2. The molecule has 0 bridgehead atoms. The zero-order valence-corrected chi connectivity index (χ0v) is 14.9. The molecule has 0 unspecified atom stereocenters. The molecule has 1 fully saturated rings. The van der Waals surface area contributed by atoms with Gasteiger partial charge in [-0.1, -0.05) is 0 Å². The SMILES string of the molecule is COc1ccc(NC(=O)CNC(=O)c2ccc(N3CCCC3=O)cc2)cn1. The average molecular weight is 368 g/mol. The Morgan fingerprint density at radius 3 is 2.56 bits per heavy atom. The van der Waals surface area contributed by atoms with Gasteiger partial charge in [-0.25, -0.2) is 4.98 Å². The van der Waals surface area contributed by atoms with Crippen LogP contribution in [0, 0.1) is 0 Å². The molecule has 1 aromatic heterocycles. The number of pyridine rings is 1. The van der Waals surface area contributed by atoms with Crippen molar-refractivity contribution in [1.29, 1.82) is 0 Å². The van der Waals surface area contributed by atoms with Gasteiger partial charge in [0.25, 0.3) is 5.91 Å². The van der Waals surface area contributed by atoms with Crippen LogP contribution in [-0.4, -0.2) is 42.9 Å². The summed E-state index contributed by atoms with van der Waals surface area (Å²) < 4.78 is 4.95. The quantitative estimate of drug-likeness (QED) is 0.806. The summed E-state index contributed by atoms with van der Waals surface area (Å²) in [5.74, 6) is -0.191. The van der Waals surface area contributed by atoms with E-state index in [1.54, 1.807) is 41.3 Å². The first-order chi connectivity index (χ1) is 13.1. The monoisotopic (exact) mass is 368 g/mol. The molecule has 3 amide bonds. The molecular weight excluding hydrogens is 348 g/mol. The third-order valence-corrected chi connectivity index (χ3v) is 4.15. The number of nitrogens with one attached hydrogen (secondary N) is 2. The second-order valence-corrected chi connectivity index (χ2v) is 6.02. The van der Waals surface area contributed by atoms with Crippen molar-refractivity contribution in [1.82, 2.24) is 10.3 Å². The van der Waals surface area contributed by atoms with Crippen molar-refractivity contribution in [3.63, 3.8) is 0 Å². The van der Waals surface area contributed by atoms with Crippen LogP contribution in [0.2, 0.25) is 0 Å². The Labute approximate surface area is 156 Å². The van der Waals surface area contributed by atoms with Gasteiger partial charge in [-0.15, -0.1) is 0 Å². The normalized spacial score (nSPS) is 13.4. The molecule has 8 heteroatoms. The number of benzene rings is 1. The molecule has 0 radical (unpaired) electrons. The van der Waals surface area contributed by atoms with E-state index in [0.717, 1.165) is 12.1 Å². The summed E-state index contributed by atoms with van der Waals surface area (Å²) in [6.45, 7) is 0.530. The summed E-state index contributed by atoms with van der Waals surface area (Å²) in [5, 5.41) is 5.20. The van der Waals surface area contributed by atoms with Gasteiger partial charge in [-0.3, -0.25) is 14.4 Å². The van der Waals surface area contributed by atoms with Gasteiger partial charge in [0, 0.05) is 30.3 Å². The predicted molar refractivity (Wildman–Crippen MR) is 99.8 cm³/mol. The number of aromatic nitrogens is 1. The van der Waals surface area contributed by atoms with Gasteiger partial charge in [0.05, 0.1) is 25.5 Å². The lowest BCUT2D eigenvalue weighted by molar-refractivity contribution is -0.117. The lowest BCUT2D eigenvalue weighted by atomic mass is 10.2. The molecule has 140 valence electrons. The molecule has 1 aromatic carbocycles. The number of rotatable bonds is 6. The van der Waals surface area contributed by atoms with Gasteiger partial charge in [-0.05, 0) is 36.8 Å². The maximum absolute atomic E-state index is 12.2. The van der Waals surface area contributed by atoms with E-state index in [0.29, 0.717) is 30.1 Å². The van der Waals surface area contributed by atoms with Crippen molar-refractivity contribution in [3.05, 3.63) is 48.2 Å². The summed E-state index contributed by atoms with van der Waals surface area (Å²) in [7, 11) is 1.51. The van der Waals surface area contributed by atoms with E-state index in [1.807, 2.05) is 0 Å². The Bertz CT molecular complexity index is 834. The molecule has 0 saturated carbocycles. The highest BCUT2D eigenvalue weighted by atomic mass is 16.5. The number of methoxy groups -OCH3 is 1. The minimum atomic E-state index is -0.366. The smallest absolute Gasteiger partial charge is 0.251 e. The number of amides is 3. The zero-order chi connectivity index (χ0) is 19.2. The molecule has 0 atom stereocenters. The molecule has 2 aromatic rings. The molecular formula is C19H20N4O4. The number of hydrogen-bond acceptors (Lipinski definition) is 5. The molecule has 2 heterocycles. The Kier molecular flexibility index (Phi) is 5.65. The van der Waals surface area contributed by atoms with Crippen LogP contribution >= 0.6 is 0 Å². The van der Waals surface area contributed by atoms with Crippen LogP contribution in [0.3, 0.4) is 0 Å². The number of ether oxygens (including phenoxy) is 1. The molecule has 1 aliphatic rings. The van der Waals surface area contributed by atoms with Crippen molar-refractivity contribution >= 4 is 29.1 Å². The summed E-state index contributed by atoms with van der Waals surface area (Å²) in [4.78, 5) is 41.6. The molecule has 3 rings (SSSR count). The van der Waals surface area contributed by atoms with Crippen molar-refractivity contribution in [3.8, 4) is 5.88 Å². The Morgan fingerprint density at radius 2 is 1.96 bits per heavy atom. The first-order valence-electron chi connectivity index (χ1n) is 8.55. The van der Waals surface area contributed by atoms with Crippen molar-refractivity contribution in [2.24, 2.45) is 0 Å². The molecule has 0 spiro atoms. The van der Waals surface area contributed by atoms with E-state index in [9.17, 15) is 14.4 Å². The lowest BCUT2D eigenvalue weighted by Gasteiger charge is -2.15. The van der Waals surface area contributed by atoms with Crippen molar-refractivity contribution < 1.29 is 19.1 Å². The molecule has 2 N–H and O–H groups in total. The fourth-order valence-electron chi connectivity index (χ4n) is 2.76. The van der Waals surface area contributed by atoms with Gasteiger partial charge in [0.1, 0.15) is 0 Å². The highest BCUT2D eigenvalue weighted by molar-refractivity contribution is 6.00. The van der Waals surface area contributed by atoms with Crippen LogP contribution in [0.4, 0.5) is 11.4 Å². The molecule has 8 nitrogen and oxygen atoms in total. The standard InChI is InChI=1S/C19H20N4O4/c1-27-17-9-6-14(11-20-17)22-16(24)12-21-19(26)13-4-7-15(8-5-13)23-10-2-3-18(23)25/h4-9,11H,2-3,10,12H2,1H3,(H,21,26)(H,22,24). The average Bonchev–Trinajstić information content (AvgIpc) is 3.13. The third-order valence-electron chi connectivity index (χ3n) is 4.15. The minimum Gasteiger partial charge on any atom is -0.481 e. The fourth-order valence-corrected chi connectivity index (χ4v) is 2.76. The van der Waals surface area contributed by atoms with Gasteiger partial charge >= 0.3 is 0 Å². The van der Waals surface area contributed by atoms with E-state index < -0.39 is 0 Å². The highest BCUT2D eigenvalue weighted by Crippen LogP contribution is 2.21. The van der Waals surface area contributed by atoms with Gasteiger partial charge < -0.3 is 20.3 Å². The number of hydrogen-bond donors (Lipinski definition) is 2. The first kappa shape index (κ1) is 18.4. The van der Waals surface area contributed by atoms with Crippen molar-refractivity contribution in [2.45, 2.75) is 12.8 Å². The topological polar surface area (TPSA) is 101 Å². The van der Waals surface area contributed by atoms with E-state index in [-0.39, 0.29) is 24.3 Å². The number of carbonyl (C=O) groups excluding carboxylic acids is 3. The van der Waals surface area contributed by atoms with Gasteiger partial charge in [-0.2, -0.15) is 0 Å². The summed E-state index contributed by atoms with van der Waals surface area (Å²) in [6, 6.07) is 10.0. The largest absolute Gasteiger partial charge is 0.481 e. The van der Waals surface area contributed by atoms with Gasteiger partial charge in [0.15, 0.2) is 0 Å². The second-order valence-electron chi connectivity index (χ2n) is 6.02. The summed E-state index contributed by atoms with van der Waals surface area (Å²) in [5.41, 5.74) is 1.71. The van der Waals surface area contributed by atoms with E-state index in [4.69, 9.17) is 4.74 Å². The number of carbonyl (C=O) groups is 3. The Hall–Kier alpha value is -3.42. The molecule has 1 aliphatic heterocycles. The third kappa shape index (κ3) is 4.60. The summed E-state index contributed by atoms with van der Waals surface area (Å²) >= 11 is 0. The van der Waals surface area contributed by atoms with Gasteiger partial charge in [0.2, 0.25) is 17.7 Å². The first-order valence-corrected chi connectivity index (χ1v) is 8.55. The van der Waals surface area contributed by atoms with Crippen LogP contribution in [0.25, 0.3) is 0 Å². The Balaban J connectivity index is 1.50. The second kappa shape index (κ2) is 8.31. The van der Waals surface area contributed by atoms with Crippen LogP contribution < -0.4 is 20.3 Å². The van der Waals surface area contributed by atoms with Crippen LogP contribution in [-0.2, 0) is 9.59 Å². The maximum Gasteiger partial charge on any atom is 0.251 e. The van der Waals surface area contributed by atoms with Crippen LogP contribution in [0.1, 0.15) is 23.2 Å².